The van der Waals surface area contributed by atoms with Crippen molar-refractivity contribution in [1.82, 2.24) is 20.3 Å². The van der Waals surface area contributed by atoms with Gasteiger partial charge in [0.05, 0.1) is 16.1 Å². The van der Waals surface area contributed by atoms with Gasteiger partial charge in [-0.1, -0.05) is 42.4 Å². The highest BCUT2D eigenvalue weighted by atomic mass is 32.1. The van der Waals surface area contributed by atoms with Crippen LogP contribution < -0.4 is 5.32 Å². The van der Waals surface area contributed by atoms with Gasteiger partial charge >= 0.3 is 0 Å². The summed E-state index contributed by atoms with van der Waals surface area (Å²) in [6.45, 7) is 5.91. The summed E-state index contributed by atoms with van der Waals surface area (Å²) < 4.78 is 10.7. The highest BCUT2D eigenvalue weighted by Crippen LogP contribution is 2.30. The van der Waals surface area contributed by atoms with Crippen LogP contribution in [0.15, 0.2) is 44.8 Å². The van der Waals surface area contributed by atoms with Gasteiger partial charge in [0.25, 0.3) is 5.89 Å². The fraction of sp³-hybridized carbons (Fsp3) is 0.286. The number of carbonyl (C=O) groups is 1. The molecule has 4 aromatic rings. The summed E-state index contributed by atoms with van der Waals surface area (Å²) in [5, 5.41) is 12.9. The molecule has 0 aliphatic heterocycles. The number of hydrogen-bond donors (Lipinski definition) is 1. The lowest BCUT2D eigenvalue weighted by atomic mass is 10.1. The lowest BCUT2D eigenvalue weighted by Gasteiger charge is -2.11. The number of benzene rings is 1. The lowest BCUT2D eigenvalue weighted by Crippen LogP contribution is -2.14. The predicted octanol–water partition coefficient (Wildman–Crippen LogP) is 4.85. The van der Waals surface area contributed by atoms with Crippen molar-refractivity contribution in [1.29, 1.82) is 0 Å². The normalized spacial score (nSPS) is 11.2. The van der Waals surface area contributed by atoms with E-state index in [9.17, 15) is 4.79 Å². The van der Waals surface area contributed by atoms with Gasteiger partial charge in [0, 0.05) is 18.8 Å². The SMILES string of the molecule is Cc1cccc(-c2nc(C(C)C)no2)c1NC(=O)CCc1nc(-c2cccs2)no1. The minimum atomic E-state index is -0.162. The minimum Gasteiger partial charge on any atom is -0.339 e. The Morgan fingerprint density at radius 2 is 2.00 bits per heavy atom. The van der Waals surface area contributed by atoms with Crippen molar-refractivity contribution in [2.24, 2.45) is 0 Å². The minimum absolute atomic E-state index is 0.152. The summed E-state index contributed by atoms with van der Waals surface area (Å²) in [5.41, 5.74) is 2.26. The first-order valence-corrected chi connectivity index (χ1v) is 10.5. The Hall–Kier alpha value is -3.33. The summed E-state index contributed by atoms with van der Waals surface area (Å²) in [6, 6.07) is 9.52. The van der Waals surface area contributed by atoms with E-state index in [1.54, 1.807) is 0 Å². The van der Waals surface area contributed by atoms with Gasteiger partial charge in [0.2, 0.25) is 17.6 Å². The molecule has 1 amide bonds. The summed E-state index contributed by atoms with van der Waals surface area (Å²) in [7, 11) is 0. The lowest BCUT2D eigenvalue weighted by molar-refractivity contribution is -0.116. The third kappa shape index (κ3) is 4.30. The fourth-order valence-corrected chi connectivity index (χ4v) is 3.52. The highest BCUT2D eigenvalue weighted by Gasteiger charge is 2.18. The van der Waals surface area contributed by atoms with Crippen molar-refractivity contribution in [3.8, 4) is 22.2 Å². The maximum absolute atomic E-state index is 12.6. The molecule has 0 saturated carbocycles. The van der Waals surface area contributed by atoms with Crippen molar-refractivity contribution in [3.05, 3.63) is 53.0 Å². The first kappa shape index (κ1) is 20.0. The number of aromatic nitrogens is 4. The molecule has 154 valence electrons. The van der Waals surface area contributed by atoms with Crippen LogP contribution in [0.3, 0.4) is 0 Å². The quantitative estimate of drug-likeness (QED) is 0.453. The van der Waals surface area contributed by atoms with Gasteiger partial charge in [-0.2, -0.15) is 9.97 Å². The van der Waals surface area contributed by atoms with Crippen molar-refractivity contribution in [2.45, 2.75) is 39.5 Å². The molecule has 0 aliphatic rings. The molecule has 4 rings (SSSR count). The zero-order valence-corrected chi connectivity index (χ0v) is 17.7. The van der Waals surface area contributed by atoms with Crippen molar-refractivity contribution in [2.75, 3.05) is 5.32 Å². The first-order chi connectivity index (χ1) is 14.5. The van der Waals surface area contributed by atoms with E-state index < -0.39 is 0 Å². The third-order valence-electron chi connectivity index (χ3n) is 4.50. The van der Waals surface area contributed by atoms with Gasteiger partial charge in [-0.05, 0) is 30.0 Å². The molecular formula is C21H21N5O3S. The number of nitrogens with zero attached hydrogens (tertiary/aromatic N) is 4. The van der Waals surface area contributed by atoms with Gasteiger partial charge in [-0.15, -0.1) is 11.3 Å². The number of thiophene rings is 1. The van der Waals surface area contributed by atoms with Crippen LogP contribution in [0, 0.1) is 6.92 Å². The second-order valence-corrected chi connectivity index (χ2v) is 8.09. The highest BCUT2D eigenvalue weighted by molar-refractivity contribution is 7.13. The zero-order chi connectivity index (χ0) is 21.1. The van der Waals surface area contributed by atoms with E-state index in [1.807, 2.05) is 56.5 Å². The van der Waals surface area contributed by atoms with Gasteiger partial charge < -0.3 is 14.4 Å². The number of hydrogen-bond acceptors (Lipinski definition) is 8. The van der Waals surface area contributed by atoms with E-state index in [4.69, 9.17) is 9.05 Å². The smallest absolute Gasteiger partial charge is 0.260 e. The standard InChI is InChI=1S/C21H21N5O3S/c1-12(2)19-24-21(29-25-19)14-7-4-6-13(3)18(14)22-16(27)9-10-17-23-20(26-28-17)15-8-5-11-30-15/h4-8,11-12H,9-10H2,1-3H3,(H,22,27). The molecule has 0 unspecified atom stereocenters. The van der Waals surface area contributed by atoms with Crippen LogP contribution in [0.4, 0.5) is 5.69 Å². The zero-order valence-electron chi connectivity index (χ0n) is 16.9. The maximum Gasteiger partial charge on any atom is 0.260 e. The molecule has 3 aromatic heterocycles. The average Bonchev–Trinajstić information content (AvgIpc) is 3.48. The van der Waals surface area contributed by atoms with Crippen LogP contribution in [-0.4, -0.2) is 26.2 Å². The molecule has 0 fully saturated rings. The van der Waals surface area contributed by atoms with Gasteiger partial charge in [0.1, 0.15) is 0 Å². The molecule has 8 nitrogen and oxygen atoms in total. The first-order valence-electron chi connectivity index (χ1n) is 9.61. The molecule has 9 heteroatoms. The van der Waals surface area contributed by atoms with E-state index in [0.29, 0.717) is 41.1 Å². The number of amides is 1. The number of rotatable bonds is 7. The Morgan fingerprint density at radius 1 is 1.13 bits per heavy atom. The maximum atomic E-state index is 12.6. The molecule has 0 aliphatic carbocycles. The molecule has 1 aromatic carbocycles. The molecule has 0 spiro atoms. The van der Waals surface area contributed by atoms with E-state index in [-0.39, 0.29) is 18.2 Å². The topological polar surface area (TPSA) is 107 Å². The van der Waals surface area contributed by atoms with E-state index in [1.165, 1.54) is 11.3 Å². The molecule has 1 N–H and O–H groups in total. The second-order valence-electron chi connectivity index (χ2n) is 7.15. The van der Waals surface area contributed by atoms with Gasteiger partial charge in [0.15, 0.2) is 5.82 Å². The average molecular weight is 423 g/mol. The molecule has 0 saturated heterocycles. The van der Waals surface area contributed by atoms with Crippen LogP contribution >= 0.6 is 11.3 Å². The van der Waals surface area contributed by atoms with Crippen molar-refractivity contribution in [3.63, 3.8) is 0 Å². The Labute approximate surface area is 177 Å². The molecule has 0 bridgehead atoms. The third-order valence-corrected chi connectivity index (χ3v) is 5.37. The van der Waals surface area contributed by atoms with Gasteiger partial charge in [-0.3, -0.25) is 4.79 Å². The predicted molar refractivity (Wildman–Crippen MR) is 113 cm³/mol. The summed E-state index contributed by atoms with van der Waals surface area (Å²) in [5.74, 6) is 1.97. The summed E-state index contributed by atoms with van der Waals surface area (Å²) >= 11 is 1.54. The van der Waals surface area contributed by atoms with E-state index >= 15 is 0 Å². The number of carbonyl (C=O) groups excluding carboxylic acids is 1. The molecule has 30 heavy (non-hydrogen) atoms. The van der Waals surface area contributed by atoms with Crippen molar-refractivity contribution < 1.29 is 13.8 Å². The molecular weight excluding hydrogens is 402 g/mol. The Morgan fingerprint density at radius 3 is 2.73 bits per heavy atom. The largest absolute Gasteiger partial charge is 0.339 e. The van der Waals surface area contributed by atoms with Gasteiger partial charge in [-0.25, -0.2) is 0 Å². The Balaban J connectivity index is 1.45. The number of para-hydroxylation sites is 1. The number of nitrogens with one attached hydrogen (secondary N) is 1. The molecule has 0 atom stereocenters. The number of aryl methyl sites for hydroxylation is 2. The Kier molecular flexibility index (Phi) is 5.71. The fourth-order valence-electron chi connectivity index (χ4n) is 2.88. The monoisotopic (exact) mass is 423 g/mol. The van der Waals surface area contributed by atoms with Crippen LogP contribution in [0.5, 0.6) is 0 Å². The van der Waals surface area contributed by atoms with Crippen LogP contribution in [0.2, 0.25) is 0 Å². The summed E-state index contributed by atoms with van der Waals surface area (Å²) in [6.07, 6.45) is 0.560. The van der Waals surface area contributed by atoms with Crippen LogP contribution in [0.25, 0.3) is 22.2 Å². The second kappa shape index (κ2) is 8.58. The number of anilines is 1. The van der Waals surface area contributed by atoms with E-state index in [0.717, 1.165) is 10.4 Å². The van der Waals surface area contributed by atoms with Crippen LogP contribution in [-0.2, 0) is 11.2 Å². The molecule has 3 heterocycles. The Bertz CT molecular complexity index is 1150. The summed E-state index contributed by atoms with van der Waals surface area (Å²) in [4.78, 5) is 22.3. The van der Waals surface area contributed by atoms with E-state index in [2.05, 4.69) is 25.6 Å². The van der Waals surface area contributed by atoms with Crippen LogP contribution in [0.1, 0.15) is 43.5 Å². The van der Waals surface area contributed by atoms with Crippen molar-refractivity contribution >= 4 is 22.9 Å². The molecule has 0 radical (unpaired) electrons.